The summed E-state index contributed by atoms with van der Waals surface area (Å²) < 4.78 is 27.5. The van der Waals surface area contributed by atoms with Gasteiger partial charge in [-0.15, -0.1) is 0 Å². The molecule has 0 saturated heterocycles. The van der Waals surface area contributed by atoms with E-state index in [-0.39, 0.29) is 14.9 Å². The molecule has 1 saturated carbocycles. The monoisotopic (exact) mass is 371 g/mol. The van der Waals surface area contributed by atoms with E-state index in [1.165, 1.54) is 12.1 Å². The molecule has 2 unspecified atom stereocenters. The quantitative estimate of drug-likeness (QED) is 0.875. The highest BCUT2D eigenvalue weighted by Gasteiger charge is 2.34. The average Bonchev–Trinajstić information content (AvgIpc) is 2.89. The van der Waals surface area contributed by atoms with Gasteiger partial charge < -0.3 is 0 Å². The lowest BCUT2D eigenvalue weighted by Crippen LogP contribution is -2.26. The summed E-state index contributed by atoms with van der Waals surface area (Å²) in [7, 11) is -3.65. The predicted octanol–water partition coefficient (Wildman–Crippen LogP) is 3.69. The largest absolute Gasteiger partial charge is 0.243 e. The predicted molar refractivity (Wildman–Crippen MR) is 76.6 cm³/mol. The first-order chi connectivity index (χ1) is 8.31. The van der Waals surface area contributed by atoms with Crippen LogP contribution in [-0.4, -0.2) is 15.0 Å². The minimum absolute atomic E-state index is 0.0534. The zero-order valence-electron chi connectivity index (χ0n) is 9.58. The Balaban J connectivity index is 2.24. The van der Waals surface area contributed by atoms with Crippen molar-refractivity contribution in [3.05, 3.63) is 26.7 Å². The first kappa shape index (κ1) is 14.6. The Labute approximate surface area is 125 Å². The second-order valence-electron chi connectivity index (χ2n) is 4.52. The Morgan fingerprint density at radius 1 is 1.39 bits per heavy atom. The van der Waals surface area contributed by atoms with E-state index in [4.69, 9.17) is 23.2 Å². The van der Waals surface area contributed by atoms with Crippen molar-refractivity contribution in [3.63, 3.8) is 0 Å². The Morgan fingerprint density at radius 3 is 2.33 bits per heavy atom. The molecule has 1 N–H and O–H groups in total. The molecule has 1 aliphatic carbocycles. The lowest BCUT2D eigenvalue weighted by Gasteiger charge is -2.10. The highest BCUT2D eigenvalue weighted by Crippen LogP contribution is 2.38. The second-order valence-corrected chi connectivity index (χ2v) is 7.96. The first-order valence-corrected chi connectivity index (χ1v) is 8.48. The smallest absolute Gasteiger partial charge is 0.211 e. The van der Waals surface area contributed by atoms with Crippen LogP contribution in [0.5, 0.6) is 0 Å². The fourth-order valence-corrected chi connectivity index (χ4v) is 4.79. The molecule has 0 amide bonds. The molecule has 1 aromatic carbocycles. The summed E-state index contributed by atoms with van der Waals surface area (Å²) in [5.41, 5.74) is 0. The number of rotatable bonds is 4. The fraction of sp³-hybridized carbons (Fsp3) is 0.455. The molecule has 0 aliphatic heterocycles. The first-order valence-electron chi connectivity index (χ1n) is 5.45. The van der Waals surface area contributed by atoms with Gasteiger partial charge in [-0.3, -0.25) is 0 Å². The van der Waals surface area contributed by atoms with E-state index in [9.17, 15) is 8.42 Å². The standard InChI is InChI=1S/C11H12BrCl2NO2S/c1-6-2-7(6)5-15-18(16,17)11-9(13)3-8(12)4-10(11)14/h3-4,6-7,15H,2,5H2,1H3. The molecule has 1 aromatic rings. The van der Waals surface area contributed by atoms with Crippen LogP contribution < -0.4 is 4.72 Å². The number of hydrogen-bond acceptors (Lipinski definition) is 2. The van der Waals surface area contributed by atoms with Crippen molar-refractivity contribution in [1.82, 2.24) is 4.72 Å². The van der Waals surface area contributed by atoms with E-state index in [1.54, 1.807) is 0 Å². The minimum Gasteiger partial charge on any atom is -0.211 e. The molecule has 3 nitrogen and oxygen atoms in total. The van der Waals surface area contributed by atoms with Gasteiger partial charge in [0.2, 0.25) is 10.0 Å². The van der Waals surface area contributed by atoms with Gasteiger partial charge >= 0.3 is 0 Å². The summed E-state index contributed by atoms with van der Waals surface area (Å²) in [6.45, 7) is 2.53. The molecule has 0 spiro atoms. The third-order valence-corrected chi connectivity index (χ3v) is 5.85. The lowest BCUT2D eigenvalue weighted by atomic mass is 10.3. The summed E-state index contributed by atoms with van der Waals surface area (Å²) in [6, 6.07) is 3.03. The molecule has 0 bridgehead atoms. The van der Waals surface area contributed by atoms with Crippen LogP contribution in [0, 0.1) is 11.8 Å². The van der Waals surface area contributed by atoms with Crippen LogP contribution >= 0.6 is 39.1 Å². The van der Waals surface area contributed by atoms with E-state index in [0.717, 1.165) is 6.42 Å². The fourth-order valence-electron chi connectivity index (χ4n) is 1.76. The maximum Gasteiger partial charge on any atom is 0.243 e. The molecule has 0 aromatic heterocycles. The van der Waals surface area contributed by atoms with E-state index >= 15 is 0 Å². The van der Waals surface area contributed by atoms with Gasteiger partial charge in [-0.25, -0.2) is 13.1 Å². The number of nitrogens with one attached hydrogen (secondary N) is 1. The van der Waals surface area contributed by atoms with Crippen molar-refractivity contribution in [2.24, 2.45) is 11.8 Å². The minimum atomic E-state index is -3.65. The third-order valence-electron chi connectivity index (χ3n) is 3.04. The SMILES string of the molecule is CC1CC1CNS(=O)(=O)c1c(Cl)cc(Br)cc1Cl. The number of benzene rings is 1. The van der Waals surface area contributed by atoms with Crippen LogP contribution in [0.3, 0.4) is 0 Å². The highest BCUT2D eigenvalue weighted by molar-refractivity contribution is 9.10. The van der Waals surface area contributed by atoms with Crippen LogP contribution in [0.2, 0.25) is 10.0 Å². The van der Waals surface area contributed by atoms with Crippen LogP contribution in [0.4, 0.5) is 0 Å². The summed E-state index contributed by atoms with van der Waals surface area (Å²) in [5, 5.41) is 0.233. The van der Waals surface area contributed by atoms with E-state index in [0.29, 0.717) is 22.9 Å². The van der Waals surface area contributed by atoms with Crippen molar-refractivity contribution in [3.8, 4) is 0 Å². The normalized spacial score (nSPS) is 23.1. The summed E-state index contributed by atoms with van der Waals surface area (Å²) in [5.74, 6) is 1.01. The Morgan fingerprint density at radius 2 is 1.89 bits per heavy atom. The van der Waals surface area contributed by atoms with Gasteiger partial charge in [0, 0.05) is 11.0 Å². The second kappa shape index (κ2) is 5.29. The molecular weight excluding hydrogens is 361 g/mol. The number of hydrogen-bond donors (Lipinski definition) is 1. The van der Waals surface area contributed by atoms with Crippen LogP contribution in [-0.2, 0) is 10.0 Å². The van der Waals surface area contributed by atoms with Gasteiger partial charge in [-0.05, 0) is 30.4 Å². The van der Waals surface area contributed by atoms with Crippen molar-refractivity contribution in [1.29, 1.82) is 0 Å². The van der Waals surface area contributed by atoms with Gasteiger partial charge in [0.15, 0.2) is 0 Å². The average molecular weight is 373 g/mol. The zero-order chi connectivity index (χ0) is 13.5. The van der Waals surface area contributed by atoms with Crippen molar-refractivity contribution in [2.75, 3.05) is 6.54 Å². The van der Waals surface area contributed by atoms with Crippen LogP contribution in [0.25, 0.3) is 0 Å². The van der Waals surface area contributed by atoms with E-state index in [2.05, 4.69) is 27.6 Å². The van der Waals surface area contributed by atoms with Crippen molar-refractivity contribution < 1.29 is 8.42 Å². The van der Waals surface area contributed by atoms with Gasteiger partial charge in [-0.1, -0.05) is 46.1 Å². The summed E-state index contributed by atoms with van der Waals surface area (Å²) in [6.07, 6.45) is 1.06. The number of sulfonamides is 1. The summed E-state index contributed by atoms with van der Waals surface area (Å²) in [4.78, 5) is -0.0534. The summed E-state index contributed by atoms with van der Waals surface area (Å²) >= 11 is 15.1. The molecule has 7 heteroatoms. The molecular formula is C11H12BrCl2NO2S. The van der Waals surface area contributed by atoms with Crippen molar-refractivity contribution in [2.45, 2.75) is 18.2 Å². The molecule has 2 rings (SSSR count). The topological polar surface area (TPSA) is 46.2 Å². The molecule has 1 aliphatic rings. The Bertz CT molecular complexity index is 553. The Hall–Kier alpha value is 0.190. The molecule has 100 valence electrons. The van der Waals surface area contributed by atoms with Gasteiger partial charge in [0.1, 0.15) is 4.90 Å². The third kappa shape index (κ3) is 3.20. The molecule has 2 atom stereocenters. The molecule has 0 heterocycles. The maximum absolute atomic E-state index is 12.1. The van der Waals surface area contributed by atoms with Crippen LogP contribution in [0.1, 0.15) is 13.3 Å². The molecule has 1 fully saturated rings. The highest BCUT2D eigenvalue weighted by atomic mass is 79.9. The molecule has 18 heavy (non-hydrogen) atoms. The van der Waals surface area contributed by atoms with Crippen molar-refractivity contribution >= 4 is 49.2 Å². The number of halogens is 3. The van der Waals surface area contributed by atoms with Crippen LogP contribution in [0.15, 0.2) is 21.5 Å². The van der Waals surface area contributed by atoms with Gasteiger partial charge in [0.25, 0.3) is 0 Å². The van der Waals surface area contributed by atoms with Gasteiger partial charge in [0.05, 0.1) is 10.0 Å². The van der Waals surface area contributed by atoms with E-state index in [1.807, 2.05) is 0 Å². The maximum atomic E-state index is 12.1. The lowest BCUT2D eigenvalue weighted by molar-refractivity contribution is 0.574. The Kier molecular flexibility index (Phi) is 4.29. The van der Waals surface area contributed by atoms with E-state index < -0.39 is 10.0 Å². The van der Waals surface area contributed by atoms with Gasteiger partial charge in [-0.2, -0.15) is 0 Å². The molecule has 0 radical (unpaired) electrons. The zero-order valence-corrected chi connectivity index (χ0v) is 13.5.